The van der Waals surface area contributed by atoms with Crippen LogP contribution >= 0.6 is 0 Å². The number of fused-ring (bicyclic) bond motifs is 1. The number of nitrogens with zero attached hydrogens (tertiary/aromatic N) is 2. The summed E-state index contributed by atoms with van der Waals surface area (Å²) in [4.78, 5) is 12.8. The van der Waals surface area contributed by atoms with Crippen LogP contribution < -0.4 is 15.0 Å². The van der Waals surface area contributed by atoms with E-state index >= 15 is 0 Å². The van der Waals surface area contributed by atoms with Crippen LogP contribution in [0.15, 0.2) is 57.8 Å². The van der Waals surface area contributed by atoms with E-state index in [0.29, 0.717) is 33.7 Å². The second kappa shape index (κ2) is 6.77. The lowest BCUT2D eigenvalue weighted by Gasteiger charge is -2.09. The quantitative estimate of drug-likeness (QED) is 0.584. The van der Waals surface area contributed by atoms with Gasteiger partial charge in [0.05, 0.1) is 19.7 Å². The average Bonchev–Trinajstić information content (AvgIpc) is 3.21. The van der Waals surface area contributed by atoms with Crippen LogP contribution in [0.3, 0.4) is 0 Å². The Labute approximate surface area is 160 Å². The number of aromatic nitrogens is 2. The Kier molecular flexibility index (Phi) is 4.27. The van der Waals surface area contributed by atoms with E-state index in [1.54, 1.807) is 63.7 Å². The normalized spacial score (nSPS) is 11.0. The number of hydrogen-bond acceptors (Lipinski definition) is 6. The molecule has 0 saturated heterocycles. The van der Waals surface area contributed by atoms with E-state index in [1.165, 1.54) is 4.57 Å². The summed E-state index contributed by atoms with van der Waals surface area (Å²) in [7, 11) is 4.76. The standard InChI is InChI=1S/C21H18N2O5/c1-23-15-7-5-4-6-13(15)20(24)19(21(23)25)14-11-17(28-22-14)12-8-9-16(26-2)18(10-12)27-3/h4-11,24H,1-3H3. The van der Waals surface area contributed by atoms with Gasteiger partial charge in [0.2, 0.25) is 0 Å². The molecule has 4 aromatic rings. The minimum absolute atomic E-state index is 0.0941. The number of aryl methyl sites for hydroxylation is 1. The van der Waals surface area contributed by atoms with Gasteiger partial charge in [0.15, 0.2) is 17.3 Å². The lowest BCUT2D eigenvalue weighted by atomic mass is 10.1. The maximum absolute atomic E-state index is 12.8. The van der Waals surface area contributed by atoms with Gasteiger partial charge in [-0.05, 0) is 30.3 Å². The van der Waals surface area contributed by atoms with Crippen LogP contribution in [-0.4, -0.2) is 29.0 Å². The molecular formula is C21H18N2O5. The van der Waals surface area contributed by atoms with Gasteiger partial charge < -0.3 is 23.7 Å². The topological polar surface area (TPSA) is 86.7 Å². The molecule has 0 atom stereocenters. The summed E-state index contributed by atoms with van der Waals surface area (Å²) in [5.74, 6) is 1.45. The zero-order valence-corrected chi connectivity index (χ0v) is 15.6. The van der Waals surface area contributed by atoms with Crippen molar-refractivity contribution in [1.29, 1.82) is 0 Å². The van der Waals surface area contributed by atoms with Crippen molar-refractivity contribution in [1.82, 2.24) is 9.72 Å². The minimum atomic E-state index is -0.358. The zero-order chi connectivity index (χ0) is 19.8. The molecule has 28 heavy (non-hydrogen) atoms. The second-order valence-electron chi connectivity index (χ2n) is 6.25. The van der Waals surface area contributed by atoms with E-state index in [4.69, 9.17) is 14.0 Å². The highest BCUT2D eigenvalue weighted by atomic mass is 16.5. The summed E-state index contributed by atoms with van der Waals surface area (Å²) in [6.45, 7) is 0. The van der Waals surface area contributed by atoms with Gasteiger partial charge in [-0.3, -0.25) is 4.79 Å². The van der Waals surface area contributed by atoms with E-state index in [0.717, 1.165) is 0 Å². The monoisotopic (exact) mass is 378 g/mol. The molecule has 0 bridgehead atoms. The molecule has 0 amide bonds. The molecule has 7 nitrogen and oxygen atoms in total. The van der Waals surface area contributed by atoms with Crippen LogP contribution in [-0.2, 0) is 7.05 Å². The first-order chi connectivity index (χ1) is 13.5. The average molecular weight is 378 g/mol. The molecule has 142 valence electrons. The number of hydrogen-bond donors (Lipinski definition) is 1. The fourth-order valence-electron chi connectivity index (χ4n) is 3.23. The lowest BCUT2D eigenvalue weighted by molar-refractivity contribution is 0.355. The Bertz CT molecular complexity index is 1240. The largest absolute Gasteiger partial charge is 0.506 e. The van der Waals surface area contributed by atoms with Crippen molar-refractivity contribution < 1.29 is 19.1 Å². The Hall–Kier alpha value is -3.74. The van der Waals surface area contributed by atoms with E-state index in [1.807, 2.05) is 6.07 Å². The van der Waals surface area contributed by atoms with Crippen LogP contribution in [0.2, 0.25) is 0 Å². The molecule has 4 rings (SSSR count). The Morgan fingerprint density at radius 3 is 2.54 bits per heavy atom. The van der Waals surface area contributed by atoms with Crippen molar-refractivity contribution in [2.75, 3.05) is 14.2 Å². The minimum Gasteiger partial charge on any atom is -0.506 e. The van der Waals surface area contributed by atoms with Crippen molar-refractivity contribution in [3.05, 3.63) is 58.9 Å². The van der Waals surface area contributed by atoms with E-state index in [2.05, 4.69) is 5.16 Å². The van der Waals surface area contributed by atoms with Gasteiger partial charge >= 0.3 is 0 Å². The zero-order valence-electron chi connectivity index (χ0n) is 15.6. The fraction of sp³-hybridized carbons (Fsp3) is 0.143. The first-order valence-corrected chi connectivity index (χ1v) is 8.55. The molecule has 2 aromatic carbocycles. The molecule has 1 N–H and O–H groups in total. The number of benzene rings is 2. The van der Waals surface area contributed by atoms with Crippen molar-refractivity contribution in [2.45, 2.75) is 0 Å². The van der Waals surface area contributed by atoms with Crippen molar-refractivity contribution in [3.63, 3.8) is 0 Å². The SMILES string of the molecule is COc1ccc(-c2cc(-c3c(O)c4ccccc4n(C)c3=O)no2)cc1OC. The van der Waals surface area contributed by atoms with Gasteiger partial charge in [-0.2, -0.15) is 0 Å². The smallest absolute Gasteiger partial charge is 0.264 e. The molecule has 0 radical (unpaired) electrons. The van der Waals surface area contributed by atoms with Gasteiger partial charge in [0, 0.05) is 24.1 Å². The molecule has 0 aliphatic carbocycles. The van der Waals surface area contributed by atoms with Crippen LogP contribution in [0.25, 0.3) is 33.5 Å². The highest BCUT2D eigenvalue weighted by Crippen LogP contribution is 2.36. The van der Waals surface area contributed by atoms with Crippen LogP contribution in [0.5, 0.6) is 17.2 Å². The summed E-state index contributed by atoms with van der Waals surface area (Å²) < 4.78 is 17.5. The summed E-state index contributed by atoms with van der Waals surface area (Å²) in [6.07, 6.45) is 0. The fourth-order valence-corrected chi connectivity index (χ4v) is 3.23. The first kappa shape index (κ1) is 17.7. The van der Waals surface area contributed by atoms with Gasteiger partial charge in [-0.25, -0.2) is 0 Å². The van der Waals surface area contributed by atoms with Crippen molar-refractivity contribution >= 4 is 10.9 Å². The first-order valence-electron chi connectivity index (χ1n) is 8.55. The highest BCUT2D eigenvalue weighted by molar-refractivity contribution is 5.91. The Balaban J connectivity index is 1.86. The van der Waals surface area contributed by atoms with Gasteiger partial charge in [0.1, 0.15) is 17.0 Å². The lowest BCUT2D eigenvalue weighted by Crippen LogP contribution is -2.19. The van der Waals surface area contributed by atoms with E-state index in [9.17, 15) is 9.90 Å². The number of pyridine rings is 1. The van der Waals surface area contributed by atoms with Crippen LogP contribution in [0.4, 0.5) is 0 Å². The maximum Gasteiger partial charge on any atom is 0.264 e. The molecule has 0 aliphatic rings. The van der Waals surface area contributed by atoms with E-state index in [-0.39, 0.29) is 22.6 Å². The van der Waals surface area contributed by atoms with Crippen molar-refractivity contribution in [2.24, 2.45) is 7.05 Å². The summed E-state index contributed by atoms with van der Waals surface area (Å²) in [5, 5.41) is 15.3. The van der Waals surface area contributed by atoms with Crippen molar-refractivity contribution in [3.8, 4) is 39.8 Å². The summed E-state index contributed by atoms with van der Waals surface area (Å²) in [6, 6.07) is 14.1. The molecule has 0 fully saturated rings. The Morgan fingerprint density at radius 2 is 1.79 bits per heavy atom. The third kappa shape index (κ3) is 2.68. The highest BCUT2D eigenvalue weighted by Gasteiger charge is 2.20. The molecule has 7 heteroatoms. The number of para-hydroxylation sites is 1. The summed E-state index contributed by atoms with van der Waals surface area (Å²) in [5.41, 5.74) is 1.33. The van der Waals surface area contributed by atoms with E-state index < -0.39 is 0 Å². The molecule has 0 unspecified atom stereocenters. The number of methoxy groups -OCH3 is 2. The number of ether oxygens (including phenoxy) is 2. The summed E-state index contributed by atoms with van der Waals surface area (Å²) >= 11 is 0. The van der Waals surface area contributed by atoms with Crippen LogP contribution in [0, 0.1) is 0 Å². The van der Waals surface area contributed by atoms with Gasteiger partial charge in [0.25, 0.3) is 5.56 Å². The Morgan fingerprint density at radius 1 is 1.04 bits per heavy atom. The number of rotatable bonds is 4. The second-order valence-corrected chi connectivity index (χ2v) is 6.25. The molecule has 2 aromatic heterocycles. The molecule has 0 aliphatic heterocycles. The molecule has 0 spiro atoms. The predicted octanol–water partition coefficient (Wildman–Crippen LogP) is 3.58. The van der Waals surface area contributed by atoms with Crippen LogP contribution in [0.1, 0.15) is 0 Å². The van der Waals surface area contributed by atoms with Gasteiger partial charge in [-0.1, -0.05) is 17.3 Å². The number of aromatic hydroxyl groups is 1. The third-order valence-electron chi connectivity index (χ3n) is 4.71. The van der Waals surface area contributed by atoms with Gasteiger partial charge in [-0.15, -0.1) is 0 Å². The molecule has 2 heterocycles. The maximum atomic E-state index is 12.8. The molecular weight excluding hydrogens is 360 g/mol. The predicted molar refractivity (Wildman–Crippen MR) is 105 cm³/mol. The molecule has 0 saturated carbocycles. The third-order valence-corrected chi connectivity index (χ3v) is 4.71.